The van der Waals surface area contributed by atoms with E-state index >= 15 is 0 Å². The van der Waals surface area contributed by atoms with Gasteiger partial charge in [-0.05, 0) is 24.0 Å². The van der Waals surface area contributed by atoms with Crippen LogP contribution in [0, 0.1) is 12.4 Å². The number of benzene rings is 2. The molecule has 0 atom stereocenters. The van der Waals surface area contributed by atoms with Gasteiger partial charge in [-0.15, -0.1) is 12.4 Å². The normalized spacial score (nSPS) is 8.80. The zero-order valence-corrected chi connectivity index (χ0v) is 16.6. The number of rotatable bonds is 3. The molecule has 0 spiro atoms. The molecule has 0 amide bonds. The fourth-order valence-corrected chi connectivity index (χ4v) is 2.06. The first kappa shape index (κ1) is 20.9. The minimum atomic E-state index is 0. The van der Waals surface area contributed by atoms with E-state index in [0.717, 1.165) is 12.8 Å². The van der Waals surface area contributed by atoms with Crippen LogP contribution in [0.1, 0.15) is 11.1 Å². The molecule has 0 unspecified atom stereocenters. The Morgan fingerprint density at radius 2 is 0.960 bits per heavy atom. The van der Waals surface area contributed by atoms with Crippen molar-refractivity contribution in [3.63, 3.8) is 0 Å². The Labute approximate surface area is 169 Å². The number of aromatic nitrogens is 2. The van der Waals surface area contributed by atoms with Gasteiger partial charge in [0.1, 0.15) is 0 Å². The standard InChI is InChI=1S/C14H14.2C4H4N.Zr/c1-3-7-13(8-4-1)11-12-14-9-5-2-6-10-14;2*1-2-4-5-3-1;/h1-10H,11-12H2;2*1-3,5H;/q;2*-1;+2. The maximum absolute atomic E-state index is 2.74. The van der Waals surface area contributed by atoms with Gasteiger partial charge in [0.25, 0.3) is 0 Å². The van der Waals surface area contributed by atoms with Crippen LogP contribution in [0.15, 0.2) is 97.3 Å². The predicted octanol–water partition coefficient (Wildman–Crippen LogP) is 5.10. The Kier molecular flexibility index (Phi) is 11.9. The summed E-state index contributed by atoms with van der Waals surface area (Å²) < 4.78 is 0. The monoisotopic (exact) mass is 404 g/mol. The topological polar surface area (TPSA) is 31.6 Å². The fourth-order valence-electron chi connectivity index (χ4n) is 2.06. The smallest absolute Gasteiger partial charge is 0.484 e. The average Bonchev–Trinajstić information content (AvgIpc) is 3.40. The Bertz CT molecular complexity index is 605. The van der Waals surface area contributed by atoms with E-state index in [4.69, 9.17) is 0 Å². The molecule has 25 heavy (non-hydrogen) atoms. The average molecular weight is 406 g/mol. The fraction of sp³-hybridized carbons (Fsp3) is 0.0909. The first-order valence-corrected chi connectivity index (χ1v) is 8.02. The Morgan fingerprint density at radius 3 is 1.20 bits per heavy atom. The second kappa shape index (κ2) is 14.2. The Hall–Kier alpha value is -2.12. The number of aryl methyl sites for hydroxylation is 2. The summed E-state index contributed by atoms with van der Waals surface area (Å²) in [6, 6.07) is 28.7. The minimum absolute atomic E-state index is 0. The molecule has 2 aromatic heterocycles. The van der Waals surface area contributed by atoms with Crippen LogP contribution in [0.3, 0.4) is 0 Å². The van der Waals surface area contributed by atoms with E-state index in [1.54, 1.807) is 0 Å². The van der Waals surface area contributed by atoms with Gasteiger partial charge in [0, 0.05) is 0 Å². The molecule has 0 aliphatic carbocycles. The number of hydrogen-bond acceptors (Lipinski definition) is 0. The van der Waals surface area contributed by atoms with Gasteiger partial charge in [0.15, 0.2) is 0 Å². The summed E-state index contributed by atoms with van der Waals surface area (Å²) in [7, 11) is 0. The summed E-state index contributed by atoms with van der Waals surface area (Å²) in [5.74, 6) is 0. The van der Waals surface area contributed by atoms with Crippen molar-refractivity contribution in [2.75, 3.05) is 0 Å². The second-order valence-corrected chi connectivity index (χ2v) is 5.10. The summed E-state index contributed by atoms with van der Waals surface area (Å²) >= 11 is 0. The first-order valence-electron chi connectivity index (χ1n) is 8.02. The molecule has 0 fully saturated rings. The summed E-state index contributed by atoms with van der Waals surface area (Å²) in [6.45, 7) is 0. The first-order chi connectivity index (χ1) is 11.9. The maximum atomic E-state index is 2.74. The van der Waals surface area contributed by atoms with Crippen molar-refractivity contribution in [1.82, 2.24) is 9.97 Å². The van der Waals surface area contributed by atoms with Crippen molar-refractivity contribution < 1.29 is 26.2 Å². The van der Waals surface area contributed by atoms with Crippen LogP contribution < -0.4 is 0 Å². The van der Waals surface area contributed by atoms with Gasteiger partial charge < -0.3 is 9.97 Å². The Morgan fingerprint density at radius 1 is 0.560 bits per heavy atom. The maximum Gasteiger partial charge on any atom is 2.00 e. The molecule has 4 rings (SSSR count). The van der Waals surface area contributed by atoms with Crippen LogP contribution in [-0.2, 0) is 39.0 Å². The summed E-state index contributed by atoms with van der Waals surface area (Å²) in [5.41, 5.74) is 2.83. The van der Waals surface area contributed by atoms with Gasteiger partial charge in [-0.2, -0.15) is 36.7 Å². The molecule has 3 heteroatoms. The van der Waals surface area contributed by atoms with Crippen LogP contribution >= 0.6 is 0 Å². The number of hydrogen-bond donors (Lipinski definition) is 2. The minimum Gasteiger partial charge on any atom is -0.484 e. The van der Waals surface area contributed by atoms with Gasteiger partial charge in [-0.25, -0.2) is 0 Å². The quantitative estimate of drug-likeness (QED) is 0.445. The molecule has 0 radical (unpaired) electrons. The van der Waals surface area contributed by atoms with Crippen molar-refractivity contribution in [2.45, 2.75) is 12.8 Å². The van der Waals surface area contributed by atoms with E-state index in [-0.39, 0.29) is 26.2 Å². The summed E-state index contributed by atoms with van der Waals surface area (Å²) in [5, 5.41) is 0. The molecule has 0 bridgehead atoms. The van der Waals surface area contributed by atoms with Crippen molar-refractivity contribution in [3.8, 4) is 0 Å². The van der Waals surface area contributed by atoms with Crippen molar-refractivity contribution in [1.29, 1.82) is 0 Å². The number of nitrogens with one attached hydrogen (secondary N) is 2. The third-order valence-corrected chi connectivity index (χ3v) is 3.27. The van der Waals surface area contributed by atoms with Gasteiger partial charge in [-0.3, -0.25) is 0 Å². The van der Waals surface area contributed by atoms with E-state index in [1.165, 1.54) is 11.1 Å². The van der Waals surface area contributed by atoms with Gasteiger partial charge in [-0.1, -0.05) is 60.7 Å². The van der Waals surface area contributed by atoms with Crippen LogP contribution in [0.25, 0.3) is 0 Å². The number of aromatic amines is 2. The van der Waals surface area contributed by atoms with Crippen LogP contribution in [0.2, 0.25) is 0 Å². The van der Waals surface area contributed by atoms with Crippen LogP contribution in [0.4, 0.5) is 0 Å². The molecule has 4 aromatic rings. The predicted molar refractivity (Wildman–Crippen MR) is 99.5 cm³/mol. The molecule has 0 aliphatic heterocycles. The summed E-state index contributed by atoms with van der Waals surface area (Å²) in [6.07, 6.45) is 11.4. The number of H-pyrrole nitrogens is 2. The van der Waals surface area contributed by atoms with Crippen molar-refractivity contribution in [2.24, 2.45) is 0 Å². The molecule has 2 heterocycles. The van der Waals surface area contributed by atoms with E-state index in [0.29, 0.717) is 0 Å². The van der Waals surface area contributed by atoms with E-state index in [2.05, 4.69) is 83.0 Å². The zero-order chi connectivity index (χ0) is 16.7. The molecular formula is C22H22N2Zr. The second-order valence-electron chi connectivity index (χ2n) is 5.10. The molecular weight excluding hydrogens is 383 g/mol. The molecule has 0 saturated heterocycles. The molecule has 2 aromatic carbocycles. The van der Waals surface area contributed by atoms with E-state index < -0.39 is 0 Å². The van der Waals surface area contributed by atoms with E-state index in [9.17, 15) is 0 Å². The summed E-state index contributed by atoms with van der Waals surface area (Å²) in [4.78, 5) is 5.47. The SMILES string of the molecule is [Zr+2].[c-]1ccc[nH]1.[c-]1ccc[nH]1.c1ccc(CCc2ccccc2)cc1. The molecule has 124 valence electrons. The van der Waals surface area contributed by atoms with Crippen LogP contribution in [-0.4, -0.2) is 9.97 Å². The Balaban J connectivity index is 0.000000233. The van der Waals surface area contributed by atoms with Crippen molar-refractivity contribution in [3.05, 3.63) is 121 Å². The van der Waals surface area contributed by atoms with Gasteiger partial charge in [0.05, 0.1) is 0 Å². The van der Waals surface area contributed by atoms with E-state index in [1.807, 2.05) is 36.7 Å². The largest absolute Gasteiger partial charge is 2.00 e. The third-order valence-electron chi connectivity index (χ3n) is 3.27. The molecule has 2 N–H and O–H groups in total. The molecule has 2 nitrogen and oxygen atoms in total. The zero-order valence-electron chi connectivity index (χ0n) is 14.2. The third kappa shape index (κ3) is 10.4. The van der Waals surface area contributed by atoms with Gasteiger partial charge in [0.2, 0.25) is 0 Å². The van der Waals surface area contributed by atoms with Crippen LogP contribution in [0.5, 0.6) is 0 Å². The van der Waals surface area contributed by atoms with Crippen molar-refractivity contribution >= 4 is 0 Å². The molecule has 0 saturated carbocycles. The van der Waals surface area contributed by atoms with Gasteiger partial charge >= 0.3 is 26.2 Å². The molecule has 0 aliphatic rings.